The van der Waals surface area contributed by atoms with E-state index in [-0.39, 0.29) is 0 Å². The lowest BCUT2D eigenvalue weighted by molar-refractivity contribution is 0.669. The molecular formula is C53H34O. The van der Waals surface area contributed by atoms with E-state index in [1.165, 1.54) is 82.0 Å². The summed E-state index contributed by atoms with van der Waals surface area (Å²) in [4.78, 5) is 0. The number of rotatable bonds is 5. The predicted molar refractivity (Wildman–Crippen MR) is 229 cm³/mol. The first-order chi connectivity index (χ1) is 26.8. The highest BCUT2D eigenvalue weighted by Gasteiger charge is 2.22. The van der Waals surface area contributed by atoms with Gasteiger partial charge < -0.3 is 4.42 Å². The predicted octanol–water partition coefficient (Wildman–Crippen LogP) is 14.8. The summed E-state index contributed by atoms with van der Waals surface area (Å²) < 4.78 is 6.62. The van der Waals surface area contributed by atoms with E-state index in [2.05, 4.69) is 194 Å². The highest BCUT2D eigenvalue weighted by atomic mass is 16.3. The lowest BCUT2D eigenvalue weighted by Gasteiger charge is -2.20. The maximum atomic E-state index is 6.62. The van der Waals surface area contributed by atoms with E-state index in [0.29, 0.717) is 0 Å². The van der Waals surface area contributed by atoms with Gasteiger partial charge in [0.05, 0.1) is 0 Å². The molecule has 0 spiro atoms. The van der Waals surface area contributed by atoms with Crippen molar-refractivity contribution >= 4 is 65.0 Å². The van der Waals surface area contributed by atoms with Gasteiger partial charge in [0.15, 0.2) is 0 Å². The third-order valence-corrected chi connectivity index (χ3v) is 11.3. The van der Waals surface area contributed by atoms with Crippen molar-refractivity contribution in [2.24, 2.45) is 0 Å². The molecule has 1 nitrogen and oxygen atoms in total. The molecule has 0 radical (unpaired) electrons. The highest BCUT2D eigenvalue weighted by Crippen LogP contribution is 2.47. The van der Waals surface area contributed by atoms with E-state index in [9.17, 15) is 0 Å². The Morgan fingerprint density at radius 2 is 0.907 bits per heavy atom. The maximum absolute atomic E-state index is 6.62. The van der Waals surface area contributed by atoms with Crippen LogP contribution in [0.5, 0.6) is 0 Å². The van der Waals surface area contributed by atoms with E-state index in [1.807, 2.05) is 0 Å². The van der Waals surface area contributed by atoms with Gasteiger partial charge in [-0.2, -0.15) is 0 Å². The molecule has 0 unspecified atom stereocenters. The topological polar surface area (TPSA) is 13.1 Å². The van der Waals surface area contributed by atoms with Crippen molar-refractivity contribution in [3.05, 3.63) is 205 Å². The van der Waals surface area contributed by atoms with Crippen LogP contribution < -0.4 is 0 Å². The van der Waals surface area contributed by atoms with Crippen molar-refractivity contribution in [1.29, 1.82) is 0 Å². The van der Waals surface area contributed by atoms with Crippen LogP contribution in [0.3, 0.4) is 0 Å². The Kier molecular flexibility index (Phi) is 7.00. The van der Waals surface area contributed by atoms with Crippen molar-refractivity contribution in [2.45, 2.75) is 6.42 Å². The van der Waals surface area contributed by atoms with Crippen molar-refractivity contribution < 1.29 is 4.42 Å². The van der Waals surface area contributed by atoms with E-state index >= 15 is 0 Å². The van der Waals surface area contributed by atoms with Gasteiger partial charge in [-0.25, -0.2) is 0 Å². The third-order valence-electron chi connectivity index (χ3n) is 11.3. The molecule has 0 saturated carbocycles. The van der Waals surface area contributed by atoms with Crippen LogP contribution in [0.1, 0.15) is 11.1 Å². The fraction of sp³-hybridized carbons (Fsp3) is 0.0189. The Morgan fingerprint density at radius 1 is 0.333 bits per heavy atom. The summed E-state index contributed by atoms with van der Waals surface area (Å²) in [5.41, 5.74) is 11.8. The molecule has 0 atom stereocenters. The second-order valence-electron chi connectivity index (χ2n) is 14.3. The maximum Gasteiger partial charge on any atom is 0.136 e. The average molecular weight is 687 g/mol. The van der Waals surface area contributed by atoms with Gasteiger partial charge in [0.2, 0.25) is 0 Å². The number of para-hydroxylation sites is 1. The first-order valence-electron chi connectivity index (χ1n) is 18.7. The molecule has 0 N–H and O–H groups in total. The van der Waals surface area contributed by atoms with Crippen LogP contribution in [0, 0.1) is 0 Å². The van der Waals surface area contributed by atoms with Crippen molar-refractivity contribution in [3.63, 3.8) is 0 Å². The third kappa shape index (κ3) is 4.79. The van der Waals surface area contributed by atoms with Crippen molar-refractivity contribution in [2.75, 3.05) is 0 Å². The molecule has 0 aliphatic rings. The number of hydrogen-bond acceptors (Lipinski definition) is 1. The summed E-state index contributed by atoms with van der Waals surface area (Å²) >= 11 is 0. The van der Waals surface area contributed by atoms with E-state index in [0.717, 1.165) is 33.9 Å². The zero-order valence-corrected chi connectivity index (χ0v) is 29.6. The number of benzene rings is 10. The minimum atomic E-state index is 0.798. The molecular weight excluding hydrogens is 653 g/mol. The normalized spacial score (nSPS) is 11.8. The minimum absolute atomic E-state index is 0.798. The summed E-state index contributed by atoms with van der Waals surface area (Å²) in [5, 5.41) is 12.5. The molecule has 0 aliphatic carbocycles. The Balaban J connectivity index is 1.18. The van der Waals surface area contributed by atoms with Crippen LogP contribution in [-0.4, -0.2) is 0 Å². The van der Waals surface area contributed by atoms with E-state index in [4.69, 9.17) is 4.42 Å². The molecule has 1 aromatic heterocycles. The fourth-order valence-electron chi connectivity index (χ4n) is 8.95. The van der Waals surface area contributed by atoms with Crippen molar-refractivity contribution in [1.82, 2.24) is 0 Å². The molecule has 0 saturated heterocycles. The minimum Gasteiger partial charge on any atom is -0.456 e. The number of fused-ring (bicyclic) bond motifs is 8. The van der Waals surface area contributed by atoms with Gasteiger partial charge in [-0.1, -0.05) is 170 Å². The molecule has 10 aromatic carbocycles. The summed E-state index contributed by atoms with van der Waals surface area (Å²) in [7, 11) is 0. The zero-order chi connectivity index (χ0) is 35.6. The molecule has 0 aliphatic heterocycles. The van der Waals surface area contributed by atoms with Crippen LogP contribution in [0.2, 0.25) is 0 Å². The Morgan fingerprint density at radius 3 is 1.67 bits per heavy atom. The summed E-state index contributed by atoms with van der Waals surface area (Å²) in [6, 6.07) is 70.7. The van der Waals surface area contributed by atoms with E-state index < -0.39 is 0 Å². The molecule has 0 fully saturated rings. The van der Waals surface area contributed by atoms with Gasteiger partial charge in [0.1, 0.15) is 11.2 Å². The van der Waals surface area contributed by atoms with Gasteiger partial charge in [-0.3, -0.25) is 0 Å². The number of hydrogen-bond donors (Lipinski definition) is 0. The molecule has 54 heavy (non-hydrogen) atoms. The SMILES string of the molecule is c1ccc(-c2cc(-c3c4ccccc4c(Cc4ccccc4-c4cc5ccccc5c5ccccc45)c4ccccc34)c3c(c2)oc2ccccc23)cc1. The van der Waals surface area contributed by atoms with Crippen molar-refractivity contribution in [3.8, 4) is 33.4 Å². The summed E-state index contributed by atoms with van der Waals surface area (Å²) in [5.74, 6) is 0. The average Bonchev–Trinajstić information content (AvgIpc) is 3.62. The highest BCUT2D eigenvalue weighted by molar-refractivity contribution is 6.23. The summed E-state index contributed by atoms with van der Waals surface area (Å²) in [6.07, 6.45) is 0.798. The quantitative estimate of drug-likeness (QED) is 0.130. The largest absolute Gasteiger partial charge is 0.456 e. The number of furan rings is 1. The molecule has 252 valence electrons. The molecule has 0 amide bonds. The lowest BCUT2D eigenvalue weighted by Crippen LogP contribution is -1.98. The zero-order valence-electron chi connectivity index (χ0n) is 29.6. The Bertz CT molecular complexity index is 3180. The monoisotopic (exact) mass is 686 g/mol. The molecule has 1 heteroatoms. The van der Waals surface area contributed by atoms with Gasteiger partial charge in [0, 0.05) is 10.8 Å². The van der Waals surface area contributed by atoms with Crippen LogP contribution in [0.4, 0.5) is 0 Å². The van der Waals surface area contributed by atoms with Gasteiger partial charge >= 0.3 is 0 Å². The second kappa shape index (κ2) is 12.3. The van der Waals surface area contributed by atoms with Gasteiger partial charge in [0.25, 0.3) is 0 Å². The standard InChI is InChI=1S/C53H34O/c1-2-16-34(17-3-1)37-32-49(53-46-28-14-15-29-50(46)54-51(53)33-37)52-44-26-12-10-24-42(44)48(43-25-11-13-27-45(43)52)31-36-19-5-7-21-39(36)47-30-35-18-4-6-20-38(35)40-22-8-9-23-41(40)47/h1-30,32-33H,31H2. The van der Waals surface area contributed by atoms with Gasteiger partial charge in [-0.05, 0) is 118 Å². The first-order valence-corrected chi connectivity index (χ1v) is 18.7. The fourth-order valence-corrected chi connectivity index (χ4v) is 8.95. The smallest absolute Gasteiger partial charge is 0.136 e. The first kappa shape index (κ1) is 30.6. The second-order valence-corrected chi connectivity index (χ2v) is 14.3. The lowest BCUT2D eigenvalue weighted by atomic mass is 9.83. The van der Waals surface area contributed by atoms with E-state index in [1.54, 1.807) is 0 Å². The molecule has 11 rings (SSSR count). The molecule has 0 bridgehead atoms. The van der Waals surface area contributed by atoms with Crippen LogP contribution in [-0.2, 0) is 6.42 Å². The van der Waals surface area contributed by atoms with Crippen LogP contribution in [0.15, 0.2) is 199 Å². The Hall–Kier alpha value is -6.96. The Labute approximate surface area is 313 Å². The molecule has 1 heterocycles. The van der Waals surface area contributed by atoms with Crippen LogP contribution >= 0.6 is 0 Å². The van der Waals surface area contributed by atoms with Crippen LogP contribution in [0.25, 0.3) is 98.4 Å². The van der Waals surface area contributed by atoms with Gasteiger partial charge in [-0.15, -0.1) is 0 Å². The molecule has 11 aromatic rings. The summed E-state index contributed by atoms with van der Waals surface area (Å²) in [6.45, 7) is 0.